The first kappa shape index (κ1) is 7.64. The van der Waals surface area contributed by atoms with Crippen LogP contribution in [0.5, 0.6) is 0 Å². The van der Waals surface area contributed by atoms with Crippen LogP contribution in [0.3, 0.4) is 0 Å². The first-order chi connectivity index (χ1) is 5.14. The topological polar surface area (TPSA) is 0 Å². The van der Waals surface area contributed by atoms with Crippen molar-refractivity contribution in [3.63, 3.8) is 0 Å². The van der Waals surface area contributed by atoms with Crippen molar-refractivity contribution >= 4 is 0 Å². The molecule has 4 atom stereocenters. The van der Waals surface area contributed by atoms with Crippen LogP contribution in [0.2, 0.25) is 0 Å². The molecular formula is C11H20. The van der Waals surface area contributed by atoms with E-state index in [4.69, 9.17) is 0 Å². The van der Waals surface area contributed by atoms with Crippen LogP contribution < -0.4 is 0 Å². The summed E-state index contributed by atoms with van der Waals surface area (Å²) in [6.45, 7) is 9.68. The minimum atomic E-state index is 0.820. The van der Waals surface area contributed by atoms with Gasteiger partial charge in [-0.25, -0.2) is 0 Å². The fourth-order valence-electron chi connectivity index (χ4n) is 3.69. The van der Waals surface area contributed by atoms with Gasteiger partial charge in [0.1, 0.15) is 0 Å². The highest BCUT2D eigenvalue weighted by Gasteiger charge is 2.68. The first-order valence-corrected chi connectivity index (χ1v) is 5.14. The molecule has 0 bridgehead atoms. The summed E-state index contributed by atoms with van der Waals surface area (Å²) in [6.07, 6.45) is 2.94. The molecule has 0 aromatic heterocycles. The van der Waals surface area contributed by atoms with Crippen molar-refractivity contribution < 1.29 is 0 Å². The highest BCUT2D eigenvalue weighted by atomic mass is 14.7. The normalized spacial score (nSPS) is 61.1. The molecule has 2 aliphatic carbocycles. The molecule has 0 aromatic carbocycles. The van der Waals surface area contributed by atoms with Crippen molar-refractivity contribution in [1.82, 2.24) is 0 Å². The van der Waals surface area contributed by atoms with Crippen molar-refractivity contribution in [2.24, 2.45) is 29.1 Å². The molecule has 2 aliphatic rings. The lowest BCUT2D eigenvalue weighted by molar-refractivity contribution is 0.0377. The third-order valence-corrected chi connectivity index (χ3v) is 5.03. The molecule has 0 radical (unpaired) electrons. The average Bonchev–Trinajstić information content (AvgIpc) is 2.53. The molecule has 2 saturated carbocycles. The molecule has 0 nitrogen and oxygen atoms in total. The maximum Gasteiger partial charge on any atom is -0.0210 e. The van der Waals surface area contributed by atoms with E-state index in [0.29, 0.717) is 0 Å². The maximum absolute atomic E-state index is 2.47. The summed E-state index contributed by atoms with van der Waals surface area (Å²) in [4.78, 5) is 0. The molecule has 64 valence electrons. The quantitative estimate of drug-likeness (QED) is 0.540. The van der Waals surface area contributed by atoms with Gasteiger partial charge in [-0.2, -0.15) is 0 Å². The molecule has 11 heavy (non-hydrogen) atoms. The Balaban J connectivity index is 2.03. The van der Waals surface area contributed by atoms with Gasteiger partial charge >= 0.3 is 0 Å². The molecule has 4 unspecified atom stereocenters. The number of hydrogen-bond donors (Lipinski definition) is 0. The highest BCUT2D eigenvalue weighted by Crippen LogP contribution is 2.74. The van der Waals surface area contributed by atoms with Crippen LogP contribution in [0.25, 0.3) is 0 Å². The standard InChI is InChI=1S/C11H20/c1-5-10-6-11(9(10)4)7(2)8(11)3/h7-10H,5-6H2,1-4H3. The van der Waals surface area contributed by atoms with E-state index >= 15 is 0 Å². The third kappa shape index (κ3) is 0.666. The Hall–Kier alpha value is 0. The minimum absolute atomic E-state index is 0.820. The van der Waals surface area contributed by atoms with Gasteiger partial charge in [0.15, 0.2) is 0 Å². The summed E-state index contributed by atoms with van der Waals surface area (Å²) in [7, 11) is 0. The van der Waals surface area contributed by atoms with Crippen LogP contribution in [-0.2, 0) is 0 Å². The van der Waals surface area contributed by atoms with Gasteiger partial charge in [0.2, 0.25) is 0 Å². The first-order valence-electron chi connectivity index (χ1n) is 5.14. The molecular weight excluding hydrogens is 132 g/mol. The van der Waals surface area contributed by atoms with Crippen molar-refractivity contribution in [1.29, 1.82) is 0 Å². The second-order valence-corrected chi connectivity index (χ2v) is 4.85. The van der Waals surface area contributed by atoms with E-state index in [0.717, 1.165) is 29.1 Å². The van der Waals surface area contributed by atoms with Gasteiger partial charge in [-0.3, -0.25) is 0 Å². The largest absolute Gasteiger partial charge is 0.0651 e. The van der Waals surface area contributed by atoms with Gasteiger partial charge in [0.25, 0.3) is 0 Å². The van der Waals surface area contributed by atoms with Gasteiger partial charge in [-0.15, -0.1) is 0 Å². The summed E-state index contributed by atoms with van der Waals surface area (Å²) in [5.74, 6) is 4.14. The Labute approximate surface area is 70.4 Å². The molecule has 0 amide bonds. The van der Waals surface area contributed by atoms with E-state index in [1.54, 1.807) is 0 Å². The molecule has 1 spiro atoms. The zero-order valence-corrected chi connectivity index (χ0v) is 8.22. The van der Waals surface area contributed by atoms with Crippen LogP contribution in [0.1, 0.15) is 40.5 Å². The van der Waals surface area contributed by atoms with E-state index in [1.165, 1.54) is 12.8 Å². The Kier molecular flexibility index (Phi) is 1.41. The van der Waals surface area contributed by atoms with E-state index in [1.807, 2.05) is 0 Å². The summed E-state index contributed by atoms with van der Waals surface area (Å²) < 4.78 is 0. The average molecular weight is 152 g/mol. The van der Waals surface area contributed by atoms with Crippen LogP contribution in [0.15, 0.2) is 0 Å². The zero-order valence-electron chi connectivity index (χ0n) is 8.22. The smallest absolute Gasteiger partial charge is 0.0210 e. The molecule has 0 heteroatoms. The Morgan fingerprint density at radius 2 is 1.64 bits per heavy atom. The summed E-state index contributed by atoms with van der Waals surface area (Å²) in [5.41, 5.74) is 0.820. The van der Waals surface area contributed by atoms with Crippen LogP contribution >= 0.6 is 0 Å². The summed E-state index contributed by atoms with van der Waals surface area (Å²) in [5, 5.41) is 0. The Morgan fingerprint density at radius 3 is 1.91 bits per heavy atom. The molecule has 0 aromatic rings. The number of hydrogen-bond acceptors (Lipinski definition) is 0. The van der Waals surface area contributed by atoms with Gasteiger partial charge in [0.05, 0.1) is 0 Å². The van der Waals surface area contributed by atoms with E-state index in [2.05, 4.69) is 27.7 Å². The third-order valence-electron chi connectivity index (χ3n) is 5.03. The Bertz CT molecular complexity index is 163. The predicted octanol–water partition coefficient (Wildman–Crippen LogP) is 3.32. The second-order valence-electron chi connectivity index (χ2n) is 4.85. The van der Waals surface area contributed by atoms with Crippen molar-refractivity contribution in [3.8, 4) is 0 Å². The fraction of sp³-hybridized carbons (Fsp3) is 1.00. The summed E-state index contributed by atoms with van der Waals surface area (Å²) in [6, 6.07) is 0. The van der Waals surface area contributed by atoms with Crippen LogP contribution in [0.4, 0.5) is 0 Å². The summed E-state index contributed by atoms with van der Waals surface area (Å²) >= 11 is 0. The lowest BCUT2D eigenvalue weighted by atomic mass is 9.60. The predicted molar refractivity (Wildman–Crippen MR) is 48.3 cm³/mol. The van der Waals surface area contributed by atoms with Crippen molar-refractivity contribution in [3.05, 3.63) is 0 Å². The van der Waals surface area contributed by atoms with Gasteiger partial charge in [-0.1, -0.05) is 34.1 Å². The SMILES string of the molecule is CCC1CC2(C1C)C(C)C2C. The zero-order chi connectivity index (χ0) is 8.22. The van der Waals surface area contributed by atoms with Crippen molar-refractivity contribution in [2.75, 3.05) is 0 Å². The lowest BCUT2D eigenvalue weighted by Gasteiger charge is -2.45. The number of rotatable bonds is 1. The van der Waals surface area contributed by atoms with E-state index in [9.17, 15) is 0 Å². The maximum atomic E-state index is 2.47. The molecule has 0 aliphatic heterocycles. The van der Waals surface area contributed by atoms with Gasteiger partial charge in [-0.05, 0) is 35.5 Å². The molecule has 0 heterocycles. The van der Waals surface area contributed by atoms with Crippen LogP contribution in [-0.4, -0.2) is 0 Å². The van der Waals surface area contributed by atoms with E-state index in [-0.39, 0.29) is 0 Å². The van der Waals surface area contributed by atoms with Crippen molar-refractivity contribution in [2.45, 2.75) is 40.5 Å². The van der Waals surface area contributed by atoms with E-state index < -0.39 is 0 Å². The molecule has 2 fully saturated rings. The molecule has 0 N–H and O–H groups in total. The lowest BCUT2D eigenvalue weighted by Crippen LogP contribution is -2.38. The monoisotopic (exact) mass is 152 g/mol. The van der Waals surface area contributed by atoms with Crippen LogP contribution in [0, 0.1) is 29.1 Å². The molecule has 0 saturated heterocycles. The Morgan fingerprint density at radius 1 is 1.09 bits per heavy atom. The van der Waals surface area contributed by atoms with Gasteiger partial charge < -0.3 is 0 Å². The van der Waals surface area contributed by atoms with Gasteiger partial charge in [0, 0.05) is 0 Å². The fourth-order valence-corrected chi connectivity index (χ4v) is 3.69. The second kappa shape index (κ2) is 2.02. The minimum Gasteiger partial charge on any atom is -0.0651 e. The molecule has 2 rings (SSSR count). The highest BCUT2D eigenvalue weighted by molar-refractivity contribution is 5.16.